The monoisotopic (exact) mass is 473 g/mol. The van der Waals surface area contributed by atoms with Crippen LogP contribution in [0.1, 0.15) is 31.4 Å². The molecule has 1 aliphatic rings. The number of H-pyrrole nitrogens is 1. The molecular formula is C24H24FN9O. The molecule has 1 aliphatic carbocycles. The molecule has 5 N–H and O–H groups in total. The van der Waals surface area contributed by atoms with Gasteiger partial charge in [-0.1, -0.05) is 0 Å². The van der Waals surface area contributed by atoms with Crippen molar-refractivity contribution in [1.29, 1.82) is 0 Å². The molecule has 10 nitrogen and oxygen atoms in total. The molecule has 2 aromatic heterocycles. The normalized spacial score (nSPS) is 12.7. The standard InChI is InChI=1S/C24H24FN9O/c1-2-26-24(35)28-18-11-9-17(10-12-18)27-22-30-21(15-5-7-16(25)8-6-15)31-23(32-22)29-20-13-19(33-34-20)14-3-4-14/h5-14H,2-4H2,1H3,(H2,26,28,35)(H3,27,29,30,31,32,33,34). The average molecular weight is 474 g/mol. The Labute approximate surface area is 200 Å². The Morgan fingerprint density at radius 1 is 0.971 bits per heavy atom. The maximum atomic E-state index is 13.4. The third-order valence-electron chi connectivity index (χ3n) is 5.33. The lowest BCUT2D eigenvalue weighted by Crippen LogP contribution is -2.28. The Kier molecular flexibility index (Phi) is 6.20. The first-order valence-corrected chi connectivity index (χ1v) is 11.3. The highest BCUT2D eigenvalue weighted by Crippen LogP contribution is 2.39. The van der Waals surface area contributed by atoms with E-state index in [0.29, 0.717) is 52.9 Å². The highest BCUT2D eigenvalue weighted by molar-refractivity contribution is 5.89. The molecular weight excluding hydrogens is 449 g/mol. The molecule has 178 valence electrons. The molecule has 0 aliphatic heterocycles. The number of hydrogen-bond acceptors (Lipinski definition) is 7. The summed E-state index contributed by atoms with van der Waals surface area (Å²) in [7, 11) is 0. The maximum absolute atomic E-state index is 13.4. The predicted octanol–water partition coefficient (Wildman–Crippen LogP) is 4.91. The van der Waals surface area contributed by atoms with Crippen molar-refractivity contribution in [3.63, 3.8) is 0 Å². The number of aromatic amines is 1. The van der Waals surface area contributed by atoms with E-state index in [9.17, 15) is 9.18 Å². The lowest BCUT2D eigenvalue weighted by atomic mass is 10.2. The molecule has 0 spiro atoms. The zero-order valence-corrected chi connectivity index (χ0v) is 19.0. The number of nitrogens with zero attached hydrogens (tertiary/aromatic N) is 4. The first kappa shape index (κ1) is 22.3. The quantitative estimate of drug-likeness (QED) is 0.246. The number of benzene rings is 2. The molecule has 1 fully saturated rings. The third kappa shape index (κ3) is 5.69. The van der Waals surface area contributed by atoms with Gasteiger partial charge in [-0.15, -0.1) is 0 Å². The summed E-state index contributed by atoms with van der Waals surface area (Å²) in [5.41, 5.74) is 3.09. The highest BCUT2D eigenvalue weighted by Gasteiger charge is 2.25. The lowest BCUT2D eigenvalue weighted by Gasteiger charge is -2.11. The van der Waals surface area contributed by atoms with Crippen molar-refractivity contribution < 1.29 is 9.18 Å². The van der Waals surface area contributed by atoms with Gasteiger partial charge < -0.3 is 21.3 Å². The number of anilines is 5. The predicted molar refractivity (Wildman–Crippen MR) is 131 cm³/mol. The van der Waals surface area contributed by atoms with E-state index in [0.717, 1.165) is 18.5 Å². The zero-order chi connectivity index (χ0) is 24.2. The van der Waals surface area contributed by atoms with Crippen LogP contribution in [0.3, 0.4) is 0 Å². The van der Waals surface area contributed by atoms with Crippen molar-refractivity contribution >= 4 is 35.1 Å². The van der Waals surface area contributed by atoms with Crippen LogP contribution >= 0.6 is 0 Å². The molecule has 0 atom stereocenters. The Hall–Kier alpha value is -4.54. The van der Waals surface area contributed by atoms with E-state index in [2.05, 4.69) is 46.4 Å². The lowest BCUT2D eigenvalue weighted by molar-refractivity contribution is 0.252. The van der Waals surface area contributed by atoms with Gasteiger partial charge >= 0.3 is 6.03 Å². The molecule has 0 bridgehead atoms. The van der Waals surface area contributed by atoms with Crippen molar-refractivity contribution in [3.05, 3.63) is 66.1 Å². The second kappa shape index (κ2) is 9.75. The first-order valence-electron chi connectivity index (χ1n) is 11.3. The molecule has 2 amide bonds. The van der Waals surface area contributed by atoms with Gasteiger partial charge in [0.05, 0.1) is 0 Å². The van der Waals surface area contributed by atoms with Crippen LogP contribution in [0.25, 0.3) is 11.4 Å². The first-order chi connectivity index (χ1) is 17.1. The smallest absolute Gasteiger partial charge is 0.319 e. The summed E-state index contributed by atoms with van der Waals surface area (Å²) >= 11 is 0. The number of nitrogens with one attached hydrogen (secondary N) is 5. The number of hydrogen-bond donors (Lipinski definition) is 5. The summed E-state index contributed by atoms with van der Waals surface area (Å²) in [6.07, 6.45) is 2.32. The fourth-order valence-corrected chi connectivity index (χ4v) is 3.44. The van der Waals surface area contributed by atoms with Gasteiger partial charge in [-0.25, -0.2) is 9.18 Å². The van der Waals surface area contributed by atoms with Gasteiger partial charge in [-0.05, 0) is 68.3 Å². The van der Waals surface area contributed by atoms with Crippen molar-refractivity contribution in [3.8, 4) is 11.4 Å². The molecule has 2 aromatic carbocycles. The summed E-state index contributed by atoms with van der Waals surface area (Å²) in [5.74, 6) is 1.76. The van der Waals surface area contributed by atoms with Gasteiger partial charge in [-0.3, -0.25) is 5.10 Å². The van der Waals surface area contributed by atoms with E-state index >= 15 is 0 Å². The molecule has 1 saturated carbocycles. The average Bonchev–Trinajstić information content (AvgIpc) is 3.60. The van der Waals surface area contributed by atoms with E-state index in [1.807, 2.05) is 13.0 Å². The second-order valence-corrected chi connectivity index (χ2v) is 8.11. The van der Waals surface area contributed by atoms with Crippen LogP contribution in [0.15, 0.2) is 54.6 Å². The molecule has 35 heavy (non-hydrogen) atoms. The largest absolute Gasteiger partial charge is 0.338 e. The van der Waals surface area contributed by atoms with Crippen molar-refractivity contribution in [2.75, 3.05) is 22.5 Å². The van der Waals surface area contributed by atoms with Gasteiger partial charge in [0, 0.05) is 41.2 Å². The Balaban J connectivity index is 1.39. The van der Waals surface area contributed by atoms with Gasteiger partial charge in [0.15, 0.2) is 11.6 Å². The fourth-order valence-electron chi connectivity index (χ4n) is 3.44. The fraction of sp³-hybridized carbons (Fsp3) is 0.208. The molecule has 0 saturated heterocycles. The van der Waals surface area contributed by atoms with Crippen molar-refractivity contribution in [2.24, 2.45) is 0 Å². The minimum Gasteiger partial charge on any atom is -0.338 e. The zero-order valence-electron chi connectivity index (χ0n) is 19.0. The van der Waals surface area contributed by atoms with Gasteiger partial charge in [0.1, 0.15) is 5.82 Å². The van der Waals surface area contributed by atoms with Crippen LogP contribution in [0, 0.1) is 5.82 Å². The van der Waals surface area contributed by atoms with Crippen LogP contribution in [-0.4, -0.2) is 37.7 Å². The summed E-state index contributed by atoms with van der Waals surface area (Å²) in [6.45, 7) is 2.39. The SMILES string of the molecule is CCNC(=O)Nc1ccc(Nc2nc(Nc3cc(C4CC4)[nH]n3)nc(-c3ccc(F)cc3)n2)cc1. The Morgan fingerprint density at radius 2 is 1.66 bits per heavy atom. The second-order valence-electron chi connectivity index (χ2n) is 8.11. The van der Waals surface area contributed by atoms with E-state index in [4.69, 9.17) is 0 Å². The molecule has 11 heteroatoms. The van der Waals surface area contributed by atoms with E-state index in [-0.39, 0.29) is 11.8 Å². The Morgan fingerprint density at radius 3 is 2.34 bits per heavy atom. The van der Waals surface area contributed by atoms with Crippen LogP contribution in [0.2, 0.25) is 0 Å². The number of carbonyl (C=O) groups is 1. The minimum atomic E-state index is -0.343. The third-order valence-corrected chi connectivity index (χ3v) is 5.33. The van der Waals surface area contributed by atoms with Crippen LogP contribution in [0.4, 0.5) is 38.3 Å². The summed E-state index contributed by atoms with van der Waals surface area (Å²) < 4.78 is 13.4. The van der Waals surface area contributed by atoms with E-state index < -0.39 is 0 Å². The van der Waals surface area contributed by atoms with Gasteiger partial charge in [0.2, 0.25) is 11.9 Å². The summed E-state index contributed by atoms with van der Waals surface area (Å²) in [6, 6.07) is 14.7. The maximum Gasteiger partial charge on any atom is 0.319 e. The number of carbonyl (C=O) groups excluding carboxylic acids is 1. The summed E-state index contributed by atoms with van der Waals surface area (Å²) in [4.78, 5) is 25.2. The number of aromatic nitrogens is 5. The summed E-state index contributed by atoms with van der Waals surface area (Å²) in [5, 5.41) is 19.1. The molecule has 4 aromatic rings. The van der Waals surface area contributed by atoms with E-state index in [1.165, 1.54) is 12.1 Å². The highest BCUT2D eigenvalue weighted by atomic mass is 19.1. The number of rotatable bonds is 8. The molecule has 5 rings (SSSR count). The topological polar surface area (TPSA) is 133 Å². The van der Waals surface area contributed by atoms with Crippen LogP contribution < -0.4 is 21.3 Å². The number of urea groups is 1. The van der Waals surface area contributed by atoms with Crippen molar-refractivity contribution in [1.82, 2.24) is 30.5 Å². The molecule has 0 radical (unpaired) electrons. The molecule has 2 heterocycles. The van der Waals surface area contributed by atoms with Gasteiger partial charge in [-0.2, -0.15) is 20.1 Å². The minimum absolute atomic E-state index is 0.270. The van der Waals surface area contributed by atoms with Crippen LogP contribution in [-0.2, 0) is 0 Å². The van der Waals surface area contributed by atoms with E-state index in [1.54, 1.807) is 36.4 Å². The number of halogens is 1. The Bertz CT molecular complexity index is 1320. The van der Waals surface area contributed by atoms with Gasteiger partial charge in [0.25, 0.3) is 0 Å². The molecule has 0 unspecified atom stereocenters. The van der Waals surface area contributed by atoms with Crippen LogP contribution in [0.5, 0.6) is 0 Å². The van der Waals surface area contributed by atoms with Crippen molar-refractivity contribution in [2.45, 2.75) is 25.7 Å². The number of amides is 2.